The third-order valence-electron chi connectivity index (χ3n) is 3.32. The lowest BCUT2D eigenvalue weighted by atomic mass is 9.93. The van der Waals surface area contributed by atoms with Gasteiger partial charge in [-0.3, -0.25) is 10.1 Å². The van der Waals surface area contributed by atoms with Gasteiger partial charge in [0.2, 0.25) is 0 Å². The van der Waals surface area contributed by atoms with E-state index in [0.29, 0.717) is 6.54 Å². The fraction of sp³-hybridized carbons (Fsp3) is 0.600. The Labute approximate surface area is 120 Å². The van der Waals surface area contributed by atoms with Crippen LogP contribution in [0.2, 0.25) is 0 Å². The summed E-state index contributed by atoms with van der Waals surface area (Å²) in [5, 5.41) is 23.6. The molecule has 0 saturated carbocycles. The van der Waals surface area contributed by atoms with Crippen LogP contribution >= 0.6 is 0 Å². The van der Waals surface area contributed by atoms with Crippen molar-refractivity contribution in [2.75, 3.05) is 13.2 Å². The number of aliphatic hydroxyl groups excluding tert-OH is 1. The summed E-state index contributed by atoms with van der Waals surface area (Å²) < 4.78 is 0. The number of hydrogen-bond acceptors (Lipinski definition) is 4. The first-order valence-corrected chi connectivity index (χ1v) is 6.98. The van der Waals surface area contributed by atoms with Crippen molar-refractivity contribution < 1.29 is 10.0 Å². The second kappa shape index (κ2) is 7.36. The predicted molar refractivity (Wildman–Crippen MR) is 79.6 cm³/mol. The lowest BCUT2D eigenvalue weighted by Gasteiger charge is -2.26. The van der Waals surface area contributed by atoms with Gasteiger partial charge in [0, 0.05) is 36.7 Å². The first-order valence-electron chi connectivity index (χ1n) is 6.98. The molecule has 0 aromatic heterocycles. The van der Waals surface area contributed by atoms with Crippen LogP contribution in [0.3, 0.4) is 0 Å². The zero-order valence-corrected chi connectivity index (χ0v) is 12.4. The van der Waals surface area contributed by atoms with E-state index >= 15 is 0 Å². The Hall–Kier alpha value is -1.46. The second-order valence-electron chi connectivity index (χ2n) is 5.90. The van der Waals surface area contributed by atoms with E-state index in [4.69, 9.17) is 0 Å². The number of benzene rings is 1. The first-order chi connectivity index (χ1) is 9.39. The Morgan fingerprint density at radius 3 is 2.70 bits per heavy atom. The molecule has 20 heavy (non-hydrogen) atoms. The summed E-state index contributed by atoms with van der Waals surface area (Å²) in [6.07, 6.45) is 1.89. The van der Waals surface area contributed by atoms with Crippen LogP contribution in [0.1, 0.15) is 45.2 Å². The summed E-state index contributed by atoms with van der Waals surface area (Å²) in [5.41, 5.74) is 0.841. The van der Waals surface area contributed by atoms with E-state index in [2.05, 4.69) is 12.2 Å². The third kappa shape index (κ3) is 4.90. The van der Waals surface area contributed by atoms with Crippen molar-refractivity contribution in [2.24, 2.45) is 5.41 Å². The minimum absolute atomic E-state index is 0.0747. The Kier molecular flexibility index (Phi) is 6.10. The topological polar surface area (TPSA) is 75.4 Å². The number of nitro benzene ring substituents is 1. The largest absolute Gasteiger partial charge is 0.396 e. The Morgan fingerprint density at radius 2 is 2.15 bits per heavy atom. The number of aliphatic hydroxyl groups is 1. The molecule has 112 valence electrons. The molecule has 5 heteroatoms. The van der Waals surface area contributed by atoms with Crippen LogP contribution in [0, 0.1) is 15.5 Å². The number of nitrogens with one attached hydrogen (secondary N) is 1. The van der Waals surface area contributed by atoms with E-state index in [1.165, 1.54) is 6.07 Å². The van der Waals surface area contributed by atoms with E-state index in [0.717, 1.165) is 18.4 Å². The van der Waals surface area contributed by atoms with Gasteiger partial charge in [0.25, 0.3) is 5.69 Å². The van der Waals surface area contributed by atoms with Crippen molar-refractivity contribution in [1.82, 2.24) is 5.32 Å². The van der Waals surface area contributed by atoms with Crippen LogP contribution in [0.15, 0.2) is 24.3 Å². The summed E-state index contributed by atoms with van der Waals surface area (Å²) in [7, 11) is 0. The molecule has 1 unspecified atom stereocenters. The Morgan fingerprint density at radius 1 is 1.45 bits per heavy atom. The molecule has 0 aliphatic heterocycles. The molecule has 0 bridgehead atoms. The molecule has 0 radical (unpaired) electrons. The maximum absolute atomic E-state index is 10.8. The SMILES string of the molecule is CCCC(NCC(C)(C)CO)c1cccc([N+](=O)[O-])c1. The fourth-order valence-electron chi connectivity index (χ4n) is 1.99. The molecule has 1 aromatic rings. The molecule has 5 nitrogen and oxygen atoms in total. The normalized spacial score (nSPS) is 13.2. The van der Waals surface area contributed by atoms with Gasteiger partial charge in [0.05, 0.1) is 4.92 Å². The molecular weight excluding hydrogens is 256 g/mol. The van der Waals surface area contributed by atoms with Crippen LogP contribution in [0.5, 0.6) is 0 Å². The van der Waals surface area contributed by atoms with E-state index in [9.17, 15) is 15.2 Å². The van der Waals surface area contributed by atoms with Gasteiger partial charge in [-0.25, -0.2) is 0 Å². The highest BCUT2D eigenvalue weighted by atomic mass is 16.6. The van der Waals surface area contributed by atoms with Crippen LogP contribution < -0.4 is 5.32 Å². The molecule has 1 rings (SSSR count). The van der Waals surface area contributed by atoms with Gasteiger partial charge in [-0.15, -0.1) is 0 Å². The van der Waals surface area contributed by atoms with Gasteiger partial charge in [0.15, 0.2) is 0 Å². The molecule has 0 fully saturated rings. The standard InChI is InChI=1S/C15H24N2O3/c1-4-6-14(16-10-15(2,3)11-18)12-7-5-8-13(9-12)17(19)20/h5,7-9,14,16,18H,4,6,10-11H2,1-3H3. The van der Waals surface area contributed by atoms with Gasteiger partial charge < -0.3 is 10.4 Å². The summed E-state index contributed by atoms with van der Waals surface area (Å²) >= 11 is 0. The maximum Gasteiger partial charge on any atom is 0.269 e. The molecular formula is C15H24N2O3. The molecule has 0 spiro atoms. The summed E-state index contributed by atoms with van der Waals surface area (Å²) in [4.78, 5) is 10.5. The molecule has 1 aromatic carbocycles. The highest BCUT2D eigenvalue weighted by Crippen LogP contribution is 2.24. The van der Waals surface area contributed by atoms with Crippen LogP contribution in [0.25, 0.3) is 0 Å². The summed E-state index contributed by atoms with van der Waals surface area (Å²) in [6.45, 7) is 6.82. The second-order valence-corrected chi connectivity index (χ2v) is 5.90. The minimum atomic E-state index is -0.371. The van der Waals surface area contributed by atoms with E-state index in [1.54, 1.807) is 12.1 Å². The lowest BCUT2D eigenvalue weighted by molar-refractivity contribution is -0.384. The monoisotopic (exact) mass is 280 g/mol. The van der Waals surface area contributed by atoms with Crippen LogP contribution in [-0.2, 0) is 0 Å². The average molecular weight is 280 g/mol. The van der Waals surface area contributed by atoms with Gasteiger partial charge >= 0.3 is 0 Å². The number of rotatable bonds is 8. The molecule has 0 aliphatic carbocycles. The van der Waals surface area contributed by atoms with Crippen molar-refractivity contribution in [2.45, 2.75) is 39.7 Å². The number of hydrogen-bond donors (Lipinski definition) is 2. The van der Waals surface area contributed by atoms with Crippen LogP contribution in [0.4, 0.5) is 5.69 Å². The fourth-order valence-corrected chi connectivity index (χ4v) is 1.99. The zero-order chi connectivity index (χ0) is 15.2. The highest BCUT2D eigenvalue weighted by molar-refractivity contribution is 5.35. The Balaban J connectivity index is 2.85. The van der Waals surface area contributed by atoms with E-state index < -0.39 is 0 Å². The predicted octanol–water partition coefficient (Wildman–Crippen LogP) is 3.04. The van der Waals surface area contributed by atoms with E-state index in [1.807, 2.05) is 19.9 Å². The number of nitro groups is 1. The average Bonchev–Trinajstić information content (AvgIpc) is 2.43. The van der Waals surface area contributed by atoms with Crippen molar-refractivity contribution in [3.63, 3.8) is 0 Å². The molecule has 1 atom stereocenters. The molecule has 0 aliphatic rings. The van der Waals surface area contributed by atoms with Gasteiger partial charge in [0.1, 0.15) is 0 Å². The molecule has 0 saturated heterocycles. The quantitative estimate of drug-likeness (QED) is 0.567. The third-order valence-corrected chi connectivity index (χ3v) is 3.32. The van der Waals surface area contributed by atoms with E-state index in [-0.39, 0.29) is 28.7 Å². The van der Waals surface area contributed by atoms with Gasteiger partial charge in [-0.2, -0.15) is 0 Å². The van der Waals surface area contributed by atoms with Gasteiger partial charge in [-0.1, -0.05) is 39.3 Å². The molecule has 2 N–H and O–H groups in total. The van der Waals surface area contributed by atoms with Crippen LogP contribution in [-0.4, -0.2) is 23.2 Å². The smallest absolute Gasteiger partial charge is 0.269 e. The summed E-state index contributed by atoms with van der Waals surface area (Å²) in [6, 6.07) is 6.83. The van der Waals surface area contributed by atoms with Crippen molar-refractivity contribution >= 4 is 5.69 Å². The van der Waals surface area contributed by atoms with Crippen molar-refractivity contribution in [3.8, 4) is 0 Å². The highest BCUT2D eigenvalue weighted by Gasteiger charge is 2.20. The molecule has 0 heterocycles. The van der Waals surface area contributed by atoms with Crippen molar-refractivity contribution in [1.29, 1.82) is 0 Å². The van der Waals surface area contributed by atoms with Crippen molar-refractivity contribution in [3.05, 3.63) is 39.9 Å². The first kappa shape index (κ1) is 16.6. The number of nitrogens with zero attached hydrogens (tertiary/aromatic N) is 1. The number of non-ortho nitro benzene ring substituents is 1. The minimum Gasteiger partial charge on any atom is -0.396 e. The zero-order valence-electron chi connectivity index (χ0n) is 12.4. The lowest BCUT2D eigenvalue weighted by Crippen LogP contribution is -2.34. The Bertz CT molecular complexity index is 446. The maximum atomic E-state index is 10.8. The molecule has 0 amide bonds. The summed E-state index contributed by atoms with van der Waals surface area (Å²) in [5.74, 6) is 0. The van der Waals surface area contributed by atoms with Gasteiger partial charge in [-0.05, 0) is 12.0 Å².